The molecule has 2 rings (SSSR count). The van der Waals surface area contributed by atoms with E-state index in [2.05, 4.69) is 16.8 Å². The summed E-state index contributed by atoms with van der Waals surface area (Å²) < 4.78 is 0. The van der Waals surface area contributed by atoms with Gasteiger partial charge in [-0.05, 0) is 20.4 Å². The van der Waals surface area contributed by atoms with Crippen molar-refractivity contribution < 1.29 is 4.79 Å². The highest BCUT2D eigenvalue weighted by atomic mass is 16.1. The van der Waals surface area contributed by atoms with Crippen molar-refractivity contribution in [3.8, 4) is 0 Å². The third-order valence-corrected chi connectivity index (χ3v) is 3.32. The minimum atomic E-state index is 0.346. The van der Waals surface area contributed by atoms with Gasteiger partial charge in [0.1, 0.15) is 0 Å². The Morgan fingerprint density at radius 2 is 1.71 bits per heavy atom. The molecular formula is C11H18N2O. The molecule has 1 saturated heterocycles. The van der Waals surface area contributed by atoms with E-state index in [0.29, 0.717) is 5.78 Å². The molecule has 0 aromatic heterocycles. The van der Waals surface area contributed by atoms with Crippen LogP contribution in [0.2, 0.25) is 0 Å². The zero-order chi connectivity index (χ0) is 10.1. The first kappa shape index (κ1) is 9.71. The molecule has 1 fully saturated rings. The average molecular weight is 194 g/mol. The van der Waals surface area contributed by atoms with Gasteiger partial charge in [-0.2, -0.15) is 0 Å². The van der Waals surface area contributed by atoms with E-state index in [1.165, 1.54) is 5.70 Å². The van der Waals surface area contributed by atoms with Gasteiger partial charge in [0.15, 0.2) is 5.78 Å². The highest BCUT2D eigenvalue weighted by Crippen LogP contribution is 2.26. The minimum absolute atomic E-state index is 0.346. The van der Waals surface area contributed by atoms with Crippen molar-refractivity contribution in [2.24, 2.45) is 0 Å². The number of likely N-dealkylation sites (N-methyl/N-ethyl adjacent to an activating group) is 1. The summed E-state index contributed by atoms with van der Waals surface area (Å²) in [6, 6.07) is 0. The Balaban J connectivity index is 2.06. The Morgan fingerprint density at radius 3 is 2.21 bits per heavy atom. The highest BCUT2D eigenvalue weighted by Gasteiger charge is 2.25. The third kappa shape index (κ3) is 1.69. The molecule has 0 aromatic rings. The van der Waals surface area contributed by atoms with Crippen LogP contribution in [0.15, 0.2) is 11.3 Å². The van der Waals surface area contributed by atoms with Gasteiger partial charge in [0.25, 0.3) is 0 Å². The number of hydrogen-bond donors (Lipinski definition) is 0. The van der Waals surface area contributed by atoms with Crippen LogP contribution >= 0.6 is 0 Å². The van der Waals surface area contributed by atoms with Crippen LogP contribution in [0.25, 0.3) is 0 Å². The quantitative estimate of drug-likeness (QED) is 0.619. The van der Waals surface area contributed by atoms with Gasteiger partial charge in [0, 0.05) is 43.9 Å². The topological polar surface area (TPSA) is 23.6 Å². The van der Waals surface area contributed by atoms with Gasteiger partial charge in [0.05, 0.1) is 0 Å². The van der Waals surface area contributed by atoms with Crippen LogP contribution < -0.4 is 0 Å². The molecule has 0 unspecified atom stereocenters. The number of piperazine rings is 1. The molecule has 0 atom stereocenters. The average Bonchev–Trinajstić information content (AvgIpc) is 2.50. The number of carbonyl (C=O) groups excluding carboxylic acids is 1. The minimum Gasteiger partial charge on any atom is -0.372 e. The summed E-state index contributed by atoms with van der Waals surface area (Å²) >= 11 is 0. The first-order valence-electron chi connectivity index (χ1n) is 5.35. The third-order valence-electron chi connectivity index (χ3n) is 3.32. The molecule has 0 N–H and O–H groups in total. The van der Waals surface area contributed by atoms with Gasteiger partial charge in [-0.1, -0.05) is 0 Å². The van der Waals surface area contributed by atoms with E-state index in [1.807, 2.05) is 6.92 Å². The monoisotopic (exact) mass is 194 g/mol. The summed E-state index contributed by atoms with van der Waals surface area (Å²) in [5.74, 6) is 0.346. The Labute approximate surface area is 85.4 Å². The Morgan fingerprint density at radius 1 is 1.07 bits per heavy atom. The van der Waals surface area contributed by atoms with Crippen molar-refractivity contribution in [3.05, 3.63) is 11.3 Å². The molecule has 0 spiro atoms. The first-order valence-corrected chi connectivity index (χ1v) is 5.35. The van der Waals surface area contributed by atoms with Crippen LogP contribution in [0.3, 0.4) is 0 Å². The van der Waals surface area contributed by atoms with Crippen LogP contribution in [-0.4, -0.2) is 48.8 Å². The largest absolute Gasteiger partial charge is 0.372 e. The second-order valence-electron chi connectivity index (χ2n) is 4.29. The fourth-order valence-corrected chi connectivity index (χ4v) is 2.24. The van der Waals surface area contributed by atoms with Gasteiger partial charge in [-0.15, -0.1) is 0 Å². The Hall–Kier alpha value is -0.830. The van der Waals surface area contributed by atoms with Gasteiger partial charge >= 0.3 is 0 Å². The van der Waals surface area contributed by atoms with E-state index in [0.717, 1.165) is 44.6 Å². The zero-order valence-corrected chi connectivity index (χ0v) is 9.05. The number of nitrogens with zero attached hydrogens (tertiary/aromatic N) is 2. The molecule has 0 radical (unpaired) electrons. The summed E-state index contributed by atoms with van der Waals surface area (Å²) in [4.78, 5) is 16.1. The van der Waals surface area contributed by atoms with Gasteiger partial charge < -0.3 is 9.80 Å². The number of allylic oxidation sites excluding steroid dienone is 2. The molecule has 14 heavy (non-hydrogen) atoms. The van der Waals surface area contributed by atoms with E-state index in [1.54, 1.807) is 0 Å². The smallest absolute Gasteiger partial charge is 0.160 e. The van der Waals surface area contributed by atoms with Crippen LogP contribution in [-0.2, 0) is 4.79 Å². The predicted molar refractivity (Wildman–Crippen MR) is 56.0 cm³/mol. The van der Waals surface area contributed by atoms with Gasteiger partial charge in [-0.25, -0.2) is 0 Å². The maximum atomic E-state index is 11.4. The fourth-order valence-electron chi connectivity index (χ4n) is 2.24. The fraction of sp³-hybridized carbons (Fsp3) is 0.727. The summed E-state index contributed by atoms with van der Waals surface area (Å²) in [5, 5.41) is 0. The molecular weight excluding hydrogens is 176 g/mol. The first-order chi connectivity index (χ1) is 6.68. The van der Waals surface area contributed by atoms with E-state index >= 15 is 0 Å². The van der Waals surface area contributed by atoms with Crippen molar-refractivity contribution in [2.75, 3.05) is 33.2 Å². The number of Topliss-reactive ketones (excluding diaryl/α,β-unsaturated/α-hetero) is 1. The molecule has 0 bridgehead atoms. The second kappa shape index (κ2) is 3.73. The van der Waals surface area contributed by atoms with E-state index in [4.69, 9.17) is 0 Å². The van der Waals surface area contributed by atoms with Crippen LogP contribution in [0.4, 0.5) is 0 Å². The highest BCUT2D eigenvalue weighted by molar-refractivity contribution is 5.97. The molecule has 3 nitrogen and oxygen atoms in total. The zero-order valence-electron chi connectivity index (χ0n) is 9.05. The molecule has 3 heteroatoms. The molecule has 1 aliphatic carbocycles. The van der Waals surface area contributed by atoms with Crippen molar-refractivity contribution >= 4 is 5.78 Å². The Bertz CT molecular complexity index is 275. The number of ketones is 1. The molecule has 0 saturated carbocycles. The lowest BCUT2D eigenvalue weighted by Crippen LogP contribution is -2.43. The lowest BCUT2D eigenvalue weighted by molar-refractivity contribution is -0.114. The van der Waals surface area contributed by atoms with Crippen LogP contribution in [0.5, 0.6) is 0 Å². The second-order valence-corrected chi connectivity index (χ2v) is 4.29. The molecule has 0 aromatic carbocycles. The van der Waals surface area contributed by atoms with Crippen molar-refractivity contribution in [1.29, 1.82) is 0 Å². The van der Waals surface area contributed by atoms with E-state index < -0.39 is 0 Å². The van der Waals surface area contributed by atoms with Crippen molar-refractivity contribution in [1.82, 2.24) is 9.80 Å². The molecule has 1 aliphatic heterocycles. The maximum absolute atomic E-state index is 11.4. The lowest BCUT2D eigenvalue weighted by atomic mass is 10.2. The molecule has 0 amide bonds. The number of hydrogen-bond acceptors (Lipinski definition) is 3. The van der Waals surface area contributed by atoms with Crippen molar-refractivity contribution in [3.63, 3.8) is 0 Å². The standard InChI is InChI=1S/C11H18N2O/c1-9-10(3-4-11(9)14)13-7-5-12(2)6-8-13/h3-8H2,1-2H3. The predicted octanol–water partition coefficient (Wildman–Crippen LogP) is 0.871. The summed E-state index contributed by atoms with van der Waals surface area (Å²) in [6.45, 7) is 6.37. The maximum Gasteiger partial charge on any atom is 0.160 e. The van der Waals surface area contributed by atoms with Gasteiger partial charge in [-0.3, -0.25) is 4.79 Å². The molecule has 2 aliphatic rings. The van der Waals surface area contributed by atoms with E-state index in [-0.39, 0.29) is 0 Å². The summed E-state index contributed by atoms with van der Waals surface area (Å²) in [6.07, 6.45) is 1.70. The van der Waals surface area contributed by atoms with Crippen molar-refractivity contribution in [2.45, 2.75) is 19.8 Å². The van der Waals surface area contributed by atoms with Crippen LogP contribution in [0.1, 0.15) is 19.8 Å². The van der Waals surface area contributed by atoms with E-state index in [9.17, 15) is 4.79 Å². The summed E-state index contributed by atoms with van der Waals surface area (Å²) in [7, 11) is 2.15. The lowest BCUT2D eigenvalue weighted by Gasteiger charge is -2.35. The van der Waals surface area contributed by atoms with Crippen LogP contribution in [0, 0.1) is 0 Å². The molecule has 78 valence electrons. The molecule has 1 heterocycles. The Kier molecular flexibility index (Phi) is 2.59. The summed E-state index contributed by atoms with van der Waals surface area (Å²) in [5.41, 5.74) is 2.32. The number of carbonyl (C=O) groups is 1. The van der Waals surface area contributed by atoms with Gasteiger partial charge in [0.2, 0.25) is 0 Å². The SMILES string of the molecule is CC1=C(N2CCN(C)CC2)CCC1=O. The number of rotatable bonds is 1. The normalized spacial score (nSPS) is 25.0.